The van der Waals surface area contributed by atoms with Crippen LogP contribution in [0.15, 0.2) is 47.0 Å². The number of para-hydroxylation sites is 1. The van der Waals surface area contributed by atoms with Crippen LogP contribution < -0.4 is 0 Å². The van der Waals surface area contributed by atoms with Crippen LogP contribution in [-0.4, -0.2) is 23.0 Å². The number of aromatic nitrogens is 1. The molecule has 1 heterocycles. The number of benzene rings is 2. The van der Waals surface area contributed by atoms with E-state index in [1.54, 1.807) is 13.0 Å². The normalized spacial score (nSPS) is 12.1. The number of nitrogens with zero attached hydrogens (tertiary/aromatic N) is 1. The highest BCUT2D eigenvalue weighted by atomic mass is 16.5. The van der Waals surface area contributed by atoms with Gasteiger partial charge in [0.25, 0.3) is 0 Å². The number of ether oxygens (including phenoxy) is 1. The second kappa shape index (κ2) is 6.89. The molecule has 3 rings (SSSR count). The zero-order valence-electron chi connectivity index (χ0n) is 14.4. The van der Waals surface area contributed by atoms with Crippen LogP contribution in [0.2, 0.25) is 0 Å². The third-order valence-electron chi connectivity index (χ3n) is 4.10. The van der Waals surface area contributed by atoms with Crippen molar-refractivity contribution in [3.63, 3.8) is 0 Å². The van der Waals surface area contributed by atoms with Crippen LogP contribution in [0.5, 0.6) is 0 Å². The largest absolute Gasteiger partial charge is 0.454 e. The van der Waals surface area contributed by atoms with Crippen molar-refractivity contribution in [2.75, 3.05) is 0 Å². The molecular weight excluding hydrogens is 318 g/mol. The quantitative estimate of drug-likeness (QED) is 0.523. The van der Waals surface area contributed by atoms with E-state index in [1.165, 1.54) is 0 Å². The standard InChI is InChI=1S/C20H19NO4/c1-12-8-9-13(2)16(10-12)20(23)14(3)24-19(22)11-17-15-6-4-5-7-18(15)25-21-17/h4-10,14H,11H2,1-3H3/t14-/m0/s1. The molecule has 0 radical (unpaired) electrons. The molecule has 0 spiro atoms. The molecule has 0 bridgehead atoms. The number of Topliss-reactive ketones (excluding diaryl/α,β-unsaturated/α-hetero) is 1. The minimum absolute atomic E-state index is 0.0402. The summed E-state index contributed by atoms with van der Waals surface area (Å²) < 4.78 is 10.5. The maximum atomic E-state index is 12.6. The monoisotopic (exact) mass is 337 g/mol. The second-order valence-corrected chi connectivity index (χ2v) is 6.12. The Hall–Kier alpha value is -2.95. The van der Waals surface area contributed by atoms with Gasteiger partial charge in [0, 0.05) is 10.9 Å². The van der Waals surface area contributed by atoms with E-state index in [9.17, 15) is 9.59 Å². The van der Waals surface area contributed by atoms with Crippen molar-refractivity contribution in [3.05, 3.63) is 64.8 Å². The SMILES string of the molecule is Cc1ccc(C)c(C(=O)[C@H](C)OC(=O)Cc2noc3ccccc23)c1. The van der Waals surface area contributed by atoms with Crippen molar-refractivity contribution in [3.8, 4) is 0 Å². The molecule has 0 saturated heterocycles. The molecule has 0 saturated carbocycles. The number of carbonyl (C=O) groups is 2. The smallest absolute Gasteiger partial charge is 0.312 e. The van der Waals surface area contributed by atoms with Gasteiger partial charge in [0.15, 0.2) is 11.7 Å². The van der Waals surface area contributed by atoms with Crippen molar-refractivity contribution >= 4 is 22.7 Å². The maximum Gasteiger partial charge on any atom is 0.312 e. The minimum Gasteiger partial charge on any atom is -0.454 e. The lowest BCUT2D eigenvalue weighted by atomic mass is 9.99. The summed E-state index contributed by atoms with van der Waals surface area (Å²) >= 11 is 0. The molecule has 0 amide bonds. The first-order valence-electron chi connectivity index (χ1n) is 8.10. The van der Waals surface area contributed by atoms with Crippen LogP contribution in [0.1, 0.15) is 34.1 Å². The first kappa shape index (κ1) is 16.9. The first-order chi connectivity index (χ1) is 12.0. The van der Waals surface area contributed by atoms with E-state index in [0.717, 1.165) is 16.5 Å². The van der Waals surface area contributed by atoms with Crippen molar-refractivity contribution in [1.29, 1.82) is 0 Å². The van der Waals surface area contributed by atoms with Crippen molar-refractivity contribution in [2.24, 2.45) is 0 Å². The minimum atomic E-state index is -0.855. The second-order valence-electron chi connectivity index (χ2n) is 6.12. The molecule has 0 aliphatic carbocycles. The number of esters is 1. The fourth-order valence-electron chi connectivity index (χ4n) is 2.71. The van der Waals surface area contributed by atoms with Crippen molar-refractivity contribution in [2.45, 2.75) is 33.3 Å². The lowest BCUT2D eigenvalue weighted by Crippen LogP contribution is -2.26. The molecule has 0 unspecified atom stereocenters. The molecule has 0 aliphatic rings. The van der Waals surface area contributed by atoms with Crippen LogP contribution in [0, 0.1) is 13.8 Å². The highest BCUT2D eigenvalue weighted by Crippen LogP contribution is 2.19. The van der Waals surface area contributed by atoms with Gasteiger partial charge in [-0.25, -0.2) is 0 Å². The number of aryl methyl sites for hydroxylation is 2. The molecule has 0 fully saturated rings. The molecule has 1 aromatic heterocycles. The van der Waals surface area contributed by atoms with Gasteiger partial charge in [-0.15, -0.1) is 0 Å². The Morgan fingerprint density at radius 3 is 2.72 bits per heavy atom. The predicted octanol–water partition coefficient (Wildman–Crippen LogP) is 3.80. The third kappa shape index (κ3) is 3.60. The van der Waals surface area contributed by atoms with Gasteiger partial charge >= 0.3 is 5.97 Å². The summed E-state index contributed by atoms with van der Waals surface area (Å²) in [5.41, 5.74) is 3.55. The van der Waals surface area contributed by atoms with E-state index in [4.69, 9.17) is 9.26 Å². The Balaban J connectivity index is 1.70. The van der Waals surface area contributed by atoms with E-state index >= 15 is 0 Å². The van der Waals surface area contributed by atoms with Gasteiger partial charge in [-0.05, 0) is 44.5 Å². The van der Waals surface area contributed by atoms with E-state index in [0.29, 0.717) is 16.8 Å². The van der Waals surface area contributed by atoms with Gasteiger partial charge < -0.3 is 9.26 Å². The summed E-state index contributed by atoms with van der Waals surface area (Å²) in [6.07, 6.45) is -0.896. The molecule has 0 N–H and O–H groups in total. The van der Waals surface area contributed by atoms with E-state index in [2.05, 4.69) is 5.16 Å². The van der Waals surface area contributed by atoms with Gasteiger partial charge in [0.05, 0.1) is 6.42 Å². The number of ketones is 1. The first-order valence-corrected chi connectivity index (χ1v) is 8.10. The maximum absolute atomic E-state index is 12.6. The van der Waals surface area contributed by atoms with Crippen LogP contribution in [0.4, 0.5) is 0 Å². The van der Waals surface area contributed by atoms with Crippen LogP contribution >= 0.6 is 0 Å². The Morgan fingerprint density at radius 1 is 1.16 bits per heavy atom. The summed E-state index contributed by atoms with van der Waals surface area (Å²) in [4.78, 5) is 24.8. The third-order valence-corrected chi connectivity index (χ3v) is 4.10. The van der Waals surface area contributed by atoms with Gasteiger partial charge in [-0.3, -0.25) is 9.59 Å². The van der Waals surface area contributed by atoms with Gasteiger partial charge in [-0.2, -0.15) is 0 Å². The van der Waals surface area contributed by atoms with E-state index < -0.39 is 12.1 Å². The zero-order valence-corrected chi connectivity index (χ0v) is 14.4. The molecule has 5 heteroatoms. The molecule has 3 aromatic rings. The Bertz CT molecular complexity index is 942. The van der Waals surface area contributed by atoms with E-state index in [-0.39, 0.29) is 12.2 Å². The average Bonchev–Trinajstić information content (AvgIpc) is 2.99. The average molecular weight is 337 g/mol. The van der Waals surface area contributed by atoms with Gasteiger partial charge in [-0.1, -0.05) is 35.0 Å². The Labute approximate surface area is 145 Å². The molecule has 128 valence electrons. The number of hydrogen-bond donors (Lipinski definition) is 0. The highest BCUT2D eigenvalue weighted by Gasteiger charge is 2.22. The number of fused-ring (bicyclic) bond motifs is 1. The number of rotatable bonds is 5. The predicted molar refractivity (Wildman–Crippen MR) is 93.5 cm³/mol. The lowest BCUT2D eigenvalue weighted by Gasteiger charge is -2.14. The molecule has 25 heavy (non-hydrogen) atoms. The van der Waals surface area contributed by atoms with Gasteiger partial charge in [0.1, 0.15) is 5.69 Å². The summed E-state index contributed by atoms with van der Waals surface area (Å²) in [7, 11) is 0. The molecule has 0 aliphatic heterocycles. The topological polar surface area (TPSA) is 69.4 Å². The van der Waals surface area contributed by atoms with Crippen LogP contribution in [0.25, 0.3) is 11.0 Å². The van der Waals surface area contributed by atoms with E-state index in [1.807, 2.05) is 50.2 Å². The van der Waals surface area contributed by atoms with Crippen LogP contribution in [-0.2, 0) is 16.0 Å². The van der Waals surface area contributed by atoms with Crippen molar-refractivity contribution in [1.82, 2.24) is 5.16 Å². The Kier molecular flexibility index (Phi) is 4.65. The Morgan fingerprint density at radius 2 is 1.92 bits per heavy atom. The molecular formula is C20H19NO4. The fraction of sp³-hybridized carbons (Fsp3) is 0.250. The molecule has 5 nitrogen and oxygen atoms in total. The fourth-order valence-corrected chi connectivity index (χ4v) is 2.71. The molecule has 1 atom stereocenters. The lowest BCUT2D eigenvalue weighted by molar-refractivity contribution is -0.145. The molecule has 2 aromatic carbocycles. The van der Waals surface area contributed by atoms with Crippen LogP contribution in [0.3, 0.4) is 0 Å². The van der Waals surface area contributed by atoms with Crippen molar-refractivity contribution < 1.29 is 18.8 Å². The number of carbonyl (C=O) groups excluding carboxylic acids is 2. The highest BCUT2D eigenvalue weighted by molar-refractivity contribution is 6.01. The summed E-state index contributed by atoms with van der Waals surface area (Å²) in [6, 6.07) is 12.9. The zero-order chi connectivity index (χ0) is 18.0. The number of hydrogen-bond acceptors (Lipinski definition) is 5. The summed E-state index contributed by atoms with van der Waals surface area (Å²) in [5.74, 6) is -0.718. The summed E-state index contributed by atoms with van der Waals surface area (Å²) in [6.45, 7) is 5.37. The summed E-state index contributed by atoms with van der Waals surface area (Å²) in [5, 5.41) is 4.68. The van der Waals surface area contributed by atoms with Gasteiger partial charge in [0.2, 0.25) is 5.78 Å².